The first-order valence-electron chi connectivity index (χ1n) is 8.64. The second-order valence-corrected chi connectivity index (χ2v) is 6.80. The van der Waals surface area contributed by atoms with Gasteiger partial charge in [-0.2, -0.15) is 5.10 Å². The summed E-state index contributed by atoms with van der Waals surface area (Å²) in [5.74, 6) is -1.51. The Hall–Kier alpha value is -3.08. The molecular formula is C21H18N2O3. The van der Waals surface area contributed by atoms with Crippen molar-refractivity contribution in [2.75, 3.05) is 0 Å². The molecule has 0 aromatic heterocycles. The largest absolute Gasteiger partial charge is 0.293 e. The van der Waals surface area contributed by atoms with Gasteiger partial charge in [-0.05, 0) is 24.8 Å². The molecule has 130 valence electrons. The molecule has 1 saturated carbocycles. The number of Topliss-reactive ketones (excluding diaryl/α,β-unsaturated/α-hetero) is 2. The summed E-state index contributed by atoms with van der Waals surface area (Å²) in [6.07, 6.45) is 0.789. The zero-order chi connectivity index (χ0) is 18.3. The molecule has 1 amide bonds. The lowest BCUT2D eigenvalue weighted by molar-refractivity contribution is -0.122. The first-order valence-corrected chi connectivity index (χ1v) is 8.64. The highest BCUT2D eigenvalue weighted by Crippen LogP contribution is 2.47. The summed E-state index contributed by atoms with van der Waals surface area (Å²) in [6, 6.07) is 16.7. The molecule has 2 aliphatic rings. The van der Waals surface area contributed by atoms with E-state index in [2.05, 4.69) is 10.5 Å². The van der Waals surface area contributed by atoms with Gasteiger partial charge in [-0.3, -0.25) is 14.4 Å². The van der Waals surface area contributed by atoms with Gasteiger partial charge in [-0.15, -0.1) is 0 Å². The minimum Gasteiger partial charge on any atom is -0.293 e. The van der Waals surface area contributed by atoms with E-state index in [1.54, 1.807) is 31.2 Å². The molecule has 5 nitrogen and oxygen atoms in total. The molecule has 2 aliphatic carbocycles. The van der Waals surface area contributed by atoms with Crippen molar-refractivity contribution in [3.63, 3.8) is 0 Å². The zero-order valence-electron chi connectivity index (χ0n) is 14.3. The first kappa shape index (κ1) is 16.4. The van der Waals surface area contributed by atoms with E-state index >= 15 is 0 Å². The van der Waals surface area contributed by atoms with E-state index in [9.17, 15) is 14.4 Å². The number of nitrogens with one attached hydrogen (secondary N) is 1. The smallest absolute Gasteiger partial charge is 0.243 e. The lowest BCUT2D eigenvalue weighted by atomic mass is 9.99. The van der Waals surface area contributed by atoms with Crippen molar-refractivity contribution in [1.29, 1.82) is 0 Å². The highest BCUT2D eigenvalue weighted by atomic mass is 16.2. The van der Waals surface area contributed by atoms with Gasteiger partial charge in [0.25, 0.3) is 0 Å². The van der Waals surface area contributed by atoms with Crippen LogP contribution in [0.1, 0.15) is 45.5 Å². The second kappa shape index (κ2) is 6.33. The normalized spacial score (nSPS) is 22.3. The summed E-state index contributed by atoms with van der Waals surface area (Å²) in [5.41, 5.74) is 4.85. The summed E-state index contributed by atoms with van der Waals surface area (Å²) in [5, 5.41) is 4.05. The van der Waals surface area contributed by atoms with Crippen LogP contribution >= 0.6 is 0 Å². The van der Waals surface area contributed by atoms with Crippen molar-refractivity contribution in [3.05, 3.63) is 71.3 Å². The van der Waals surface area contributed by atoms with E-state index in [4.69, 9.17) is 0 Å². The van der Waals surface area contributed by atoms with E-state index in [0.29, 0.717) is 16.8 Å². The van der Waals surface area contributed by atoms with E-state index in [-0.39, 0.29) is 29.3 Å². The number of nitrogens with zero attached hydrogens (tertiary/aromatic N) is 1. The number of fused-ring (bicyclic) bond motifs is 1. The van der Waals surface area contributed by atoms with Gasteiger partial charge in [0.05, 0.1) is 5.71 Å². The third kappa shape index (κ3) is 2.75. The van der Waals surface area contributed by atoms with Crippen molar-refractivity contribution in [1.82, 2.24) is 5.43 Å². The molecule has 1 fully saturated rings. The van der Waals surface area contributed by atoms with Crippen LogP contribution in [0.15, 0.2) is 59.7 Å². The van der Waals surface area contributed by atoms with E-state index in [1.807, 2.05) is 30.3 Å². The summed E-state index contributed by atoms with van der Waals surface area (Å²) < 4.78 is 0. The third-order valence-corrected chi connectivity index (χ3v) is 5.10. The predicted molar refractivity (Wildman–Crippen MR) is 97.1 cm³/mol. The van der Waals surface area contributed by atoms with Crippen LogP contribution in [0.25, 0.3) is 0 Å². The molecule has 0 saturated heterocycles. The second-order valence-electron chi connectivity index (χ2n) is 6.80. The molecule has 26 heavy (non-hydrogen) atoms. The molecule has 2 atom stereocenters. The summed E-state index contributed by atoms with van der Waals surface area (Å²) in [7, 11) is 0. The van der Waals surface area contributed by atoms with Gasteiger partial charge < -0.3 is 0 Å². The van der Waals surface area contributed by atoms with Crippen molar-refractivity contribution in [2.45, 2.75) is 19.3 Å². The number of rotatable bonds is 4. The minimum atomic E-state index is -0.933. The standard InChI is InChI=1S/C21H18N2O3/c1-12(18-19(24)14-9-5-6-10-15(14)20(18)25)22-23-21(26)17-11-16(17)13-7-3-2-4-8-13/h2-10,16-18H,11H2,1H3,(H,23,26). The number of hydrogen-bond acceptors (Lipinski definition) is 4. The fourth-order valence-electron chi connectivity index (χ4n) is 3.57. The van der Waals surface area contributed by atoms with Gasteiger partial charge in [0.1, 0.15) is 5.92 Å². The Balaban J connectivity index is 1.43. The van der Waals surface area contributed by atoms with Crippen LogP contribution < -0.4 is 5.43 Å². The molecule has 0 heterocycles. The number of benzene rings is 2. The minimum absolute atomic E-state index is 0.110. The van der Waals surface area contributed by atoms with Crippen LogP contribution in [-0.2, 0) is 4.79 Å². The SMILES string of the molecule is CC(=NNC(=O)C1CC1c1ccccc1)C1C(=O)c2ccccc2C1=O. The lowest BCUT2D eigenvalue weighted by Crippen LogP contribution is -2.28. The Kier molecular flexibility index (Phi) is 3.99. The summed E-state index contributed by atoms with van der Waals surface area (Å²) >= 11 is 0. The maximum Gasteiger partial charge on any atom is 0.243 e. The molecule has 0 bridgehead atoms. The Morgan fingerprint density at radius 1 is 0.962 bits per heavy atom. The number of hydrazone groups is 1. The highest BCUT2D eigenvalue weighted by Gasteiger charge is 2.44. The number of carbonyl (C=O) groups is 3. The third-order valence-electron chi connectivity index (χ3n) is 5.10. The fraction of sp³-hybridized carbons (Fsp3) is 0.238. The quantitative estimate of drug-likeness (QED) is 0.525. The monoisotopic (exact) mass is 346 g/mol. The van der Waals surface area contributed by atoms with Gasteiger partial charge in [-0.25, -0.2) is 5.43 Å². The van der Waals surface area contributed by atoms with Gasteiger partial charge in [-0.1, -0.05) is 54.6 Å². The van der Waals surface area contributed by atoms with Crippen molar-refractivity contribution in [3.8, 4) is 0 Å². The van der Waals surface area contributed by atoms with Crippen molar-refractivity contribution < 1.29 is 14.4 Å². The molecule has 2 unspecified atom stereocenters. The molecule has 0 radical (unpaired) electrons. The first-order chi connectivity index (χ1) is 12.6. The molecule has 5 heteroatoms. The predicted octanol–water partition coefficient (Wildman–Crippen LogP) is 2.98. The average Bonchev–Trinajstić information content (AvgIpc) is 3.43. The summed E-state index contributed by atoms with van der Waals surface area (Å²) in [6.45, 7) is 1.61. The van der Waals surface area contributed by atoms with Crippen LogP contribution in [0.4, 0.5) is 0 Å². The molecule has 4 rings (SSSR count). The zero-order valence-corrected chi connectivity index (χ0v) is 14.3. The van der Waals surface area contributed by atoms with E-state index in [1.165, 1.54) is 0 Å². The maximum atomic E-state index is 12.5. The van der Waals surface area contributed by atoms with E-state index in [0.717, 1.165) is 12.0 Å². The summed E-state index contributed by atoms with van der Waals surface area (Å²) in [4.78, 5) is 37.2. The van der Waals surface area contributed by atoms with Crippen molar-refractivity contribution >= 4 is 23.2 Å². The van der Waals surface area contributed by atoms with E-state index < -0.39 is 5.92 Å². The maximum absolute atomic E-state index is 12.5. The molecule has 2 aromatic carbocycles. The number of amides is 1. The van der Waals surface area contributed by atoms with Crippen LogP contribution in [0.3, 0.4) is 0 Å². The van der Waals surface area contributed by atoms with Gasteiger partial charge in [0, 0.05) is 17.0 Å². The van der Waals surface area contributed by atoms with Crippen LogP contribution in [-0.4, -0.2) is 23.2 Å². The molecule has 1 N–H and O–H groups in total. The number of hydrogen-bond donors (Lipinski definition) is 1. The Morgan fingerprint density at radius 2 is 1.54 bits per heavy atom. The van der Waals surface area contributed by atoms with Gasteiger partial charge in [0.15, 0.2) is 11.6 Å². The average molecular weight is 346 g/mol. The lowest BCUT2D eigenvalue weighted by Gasteiger charge is -2.07. The Morgan fingerprint density at radius 3 is 2.15 bits per heavy atom. The Bertz CT molecular complexity index is 898. The molecular weight excluding hydrogens is 328 g/mol. The fourth-order valence-corrected chi connectivity index (χ4v) is 3.57. The highest BCUT2D eigenvalue weighted by molar-refractivity contribution is 6.36. The Labute approximate surface area is 151 Å². The number of carbonyl (C=O) groups excluding carboxylic acids is 3. The number of ketones is 2. The van der Waals surface area contributed by atoms with Gasteiger partial charge in [0.2, 0.25) is 5.91 Å². The van der Waals surface area contributed by atoms with Crippen molar-refractivity contribution in [2.24, 2.45) is 16.9 Å². The molecule has 0 spiro atoms. The van der Waals surface area contributed by atoms with Crippen LogP contribution in [0.2, 0.25) is 0 Å². The molecule has 0 aliphatic heterocycles. The van der Waals surface area contributed by atoms with Crippen LogP contribution in [0, 0.1) is 11.8 Å². The van der Waals surface area contributed by atoms with Crippen LogP contribution in [0.5, 0.6) is 0 Å². The topological polar surface area (TPSA) is 75.6 Å². The van der Waals surface area contributed by atoms with Gasteiger partial charge >= 0.3 is 0 Å². The molecule has 2 aromatic rings.